The molecule has 2 fully saturated rings. The van der Waals surface area contributed by atoms with Gasteiger partial charge in [0.15, 0.2) is 0 Å². The maximum Gasteiger partial charge on any atom is 0.0162 e. The molecule has 0 radical (unpaired) electrons. The summed E-state index contributed by atoms with van der Waals surface area (Å²) in [6.07, 6.45) is 7.74. The van der Waals surface area contributed by atoms with E-state index < -0.39 is 0 Å². The normalized spacial score (nSPS) is 36.6. The van der Waals surface area contributed by atoms with Crippen LogP contribution in [0.3, 0.4) is 0 Å². The van der Waals surface area contributed by atoms with Crippen LogP contribution in [0.5, 0.6) is 0 Å². The van der Waals surface area contributed by atoms with Crippen molar-refractivity contribution in [3.8, 4) is 0 Å². The topological polar surface area (TPSA) is 26.0 Å². The van der Waals surface area contributed by atoms with E-state index in [9.17, 15) is 0 Å². The Kier molecular flexibility index (Phi) is 2.23. The van der Waals surface area contributed by atoms with Gasteiger partial charge in [-0.2, -0.15) is 0 Å². The number of rotatable bonds is 2. The molecule has 13 heavy (non-hydrogen) atoms. The second-order valence-electron chi connectivity index (χ2n) is 4.87. The van der Waals surface area contributed by atoms with E-state index in [-0.39, 0.29) is 0 Å². The summed E-state index contributed by atoms with van der Waals surface area (Å²) in [6, 6.07) is 0.425. The number of hydrogen-bond acceptors (Lipinski definition) is 1. The molecule has 1 nitrogen and oxygen atoms in total. The lowest BCUT2D eigenvalue weighted by molar-refractivity contribution is 0.247. The summed E-state index contributed by atoms with van der Waals surface area (Å²) in [7, 11) is 0. The molecule has 1 heteroatoms. The lowest BCUT2D eigenvalue weighted by Crippen LogP contribution is -2.43. The quantitative estimate of drug-likeness (QED) is 0.648. The molecule has 1 spiro atoms. The molecular weight excluding hydrogens is 158 g/mol. The SMILES string of the molecule is C=C1CCC(CCC)[C@@H](N)C12CC2. The second kappa shape index (κ2) is 3.13. The maximum atomic E-state index is 6.33. The second-order valence-corrected chi connectivity index (χ2v) is 4.87. The van der Waals surface area contributed by atoms with E-state index in [0.717, 1.165) is 5.92 Å². The molecule has 2 atom stereocenters. The van der Waals surface area contributed by atoms with Crippen LogP contribution in [0.1, 0.15) is 45.4 Å². The minimum absolute atomic E-state index is 0.401. The largest absolute Gasteiger partial charge is 0.327 e. The molecule has 1 unspecified atom stereocenters. The summed E-state index contributed by atoms with van der Waals surface area (Å²) in [5.74, 6) is 0.776. The molecule has 2 N–H and O–H groups in total. The summed E-state index contributed by atoms with van der Waals surface area (Å²) in [5, 5.41) is 0. The van der Waals surface area contributed by atoms with Gasteiger partial charge in [0.05, 0.1) is 0 Å². The van der Waals surface area contributed by atoms with Crippen molar-refractivity contribution in [3.63, 3.8) is 0 Å². The molecular formula is C12H21N. The van der Waals surface area contributed by atoms with Crippen molar-refractivity contribution in [1.82, 2.24) is 0 Å². The average molecular weight is 179 g/mol. The van der Waals surface area contributed by atoms with Gasteiger partial charge in [-0.1, -0.05) is 25.5 Å². The number of nitrogens with two attached hydrogens (primary N) is 1. The first-order valence-corrected chi connectivity index (χ1v) is 5.64. The maximum absolute atomic E-state index is 6.33. The van der Waals surface area contributed by atoms with Crippen molar-refractivity contribution < 1.29 is 0 Å². The third-order valence-electron chi connectivity index (χ3n) is 4.12. The molecule has 2 aliphatic carbocycles. The van der Waals surface area contributed by atoms with E-state index in [1.54, 1.807) is 0 Å². The zero-order valence-corrected chi connectivity index (χ0v) is 8.68. The van der Waals surface area contributed by atoms with E-state index in [4.69, 9.17) is 5.73 Å². The first kappa shape index (κ1) is 9.26. The third-order valence-corrected chi connectivity index (χ3v) is 4.12. The predicted molar refractivity (Wildman–Crippen MR) is 56.4 cm³/mol. The average Bonchev–Trinajstić information content (AvgIpc) is 2.89. The van der Waals surface area contributed by atoms with Crippen molar-refractivity contribution in [2.45, 2.75) is 51.5 Å². The fourth-order valence-electron chi connectivity index (χ4n) is 2.99. The zero-order valence-electron chi connectivity index (χ0n) is 8.68. The highest BCUT2D eigenvalue weighted by atomic mass is 14.8. The molecule has 2 rings (SSSR count). The molecule has 0 heterocycles. The fraction of sp³-hybridized carbons (Fsp3) is 0.833. The summed E-state index contributed by atoms with van der Waals surface area (Å²) in [5.41, 5.74) is 8.19. The Balaban J connectivity index is 2.07. The fourth-order valence-corrected chi connectivity index (χ4v) is 2.99. The highest BCUT2D eigenvalue weighted by molar-refractivity contribution is 5.26. The van der Waals surface area contributed by atoms with Crippen LogP contribution in [0, 0.1) is 11.3 Å². The van der Waals surface area contributed by atoms with Crippen LogP contribution in [0.2, 0.25) is 0 Å². The third kappa shape index (κ3) is 1.34. The molecule has 0 saturated heterocycles. The predicted octanol–water partition coefficient (Wildman–Crippen LogP) is 2.86. The number of hydrogen-bond donors (Lipinski definition) is 1. The zero-order chi connectivity index (χ0) is 9.47. The van der Waals surface area contributed by atoms with Gasteiger partial charge in [0, 0.05) is 11.5 Å². The van der Waals surface area contributed by atoms with Crippen LogP contribution in [0.25, 0.3) is 0 Å². The molecule has 2 aliphatic rings. The van der Waals surface area contributed by atoms with Crippen molar-refractivity contribution in [2.75, 3.05) is 0 Å². The van der Waals surface area contributed by atoms with Gasteiger partial charge in [0.25, 0.3) is 0 Å². The van der Waals surface area contributed by atoms with Crippen LogP contribution in [-0.4, -0.2) is 6.04 Å². The lowest BCUT2D eigenvalue weighted by Gasteiger charge is -2.38. The molecule has 0 aromatic heterocycles. The Labute approximate surface area is 81.4 Å². The smallest absolute Gasteiger partial charge is 0.0162 e. The van der Waals surface area contributed by atoms with Crippen molar-refractivity contribution >= 4 is 0 Å². The molecule has 74 valence electrons. The Hall–Kier alpha value is -0.300. The Bertz CT molecular complexity index is 215. The first-order valence-electron chi connectivity index (χ1n) is 5.64. The van der Waals surface area contributed by atoms with Crippen LogP contribution in [0.4, 0.5) is 0 Å². The van der Waals surface area contributed by atoms with Gasteiger partial charge >= 0.3 is 0 Å². The summed E-state index contributed by atoms with van der Waals surface area (Å²) in [6.45, 7) is 6.45. The van der Waals surface area contributed by atoms with E-state index in [1.165, 1.54) is 44.1 Å². The van der Waals surface area contributed by atoms with Gasteiger partial charge in [-0.3, -0.25) is 0 Å². The monoisotopic (exact) mass is 179 g/mol. The van der Waals surface area contributed by atoms with Crippen molar-refractivity contribution in [1.29, 1.82) is 0 Å². The van der Waals surface area contributed by atoms with Crippen LogP contribution in [-0.2, 0) is 0 Å². The molecule has 0 aliphatic heterocycles. The van der Waals surface area contributed by atoms with E-state index >= 15 is 0 Å². The van der Waals surface area contributed by atoms with Crippen LogP contribution < -0.4 is 5.73 Å². The van der Waals surface area contributed by atoms with Crippen LogP contribution in [0.15, 0.2) is 12.2 Å². The van der Waals surface area contributed by atoms with E-state index in [1.807, 2.05) is 0 Å². The first-order chi connectivity index (χ1) is 6.20. The molecule has 2 saturated carbocycles. The minimum atomic E-state index is 0.401. The molecule has 0 bridgehead atoms. The minimum Gasteiger partial charge on any atom is -0.327 e. The highest BCUT2D eigenvalue weighted by Gasteiger charge is 2.53. The molecule has 0 aromatic rings. The highest BCUT2D eigenvalue weighted by Crippen LogP contribution is 2.59. The van der Waals surface area contributed by atoms with Crippen molar-refractivity contribution in [3.05, 3.63) is 12.2 Å². The Morgan fingerprint density at radius 2 is 2.23 bits per heavy atom. The molecule has 0 aromatic carbocycles. The Morgan fingerprint density at radius 1 is 1.54 bits per heavy atom. The standard InChI is InChI=1S/C12H21N/c1-3-4-10-6-5-9(2)12(7-8-12)11(10)13/h10-11H,2-8,13H2,1H3/t10?,11-/m1/s1. The summed E-state index contributed by atoms with van der Waals surface area (Å²) in [4.78, 5) is 0. The van der Waals surface area contributed by atoms with Gasteiger partial charge in [-0.25, -0.2) is 0 Å². The van der Waals surface area contributed by atoms with Gasteiger partial charge in [0.1, 0.15) is 0 Å². The van der Waals surface area contributed by atoms with E-state index in [0.29, 0.717) is 11.5 Å². The lowest BCUT2D eigenvalue weighted by atomic mass is 9.71. The van der Waals surface area contributed by atoms with Gasteiger partial charge < -0.3 is 5.73 Å². The summed E-state index contributed by atoms with van der Waals surface area (Å²) < 4.78 is 0. The van der Waals surface area contributed by atoms with Gasteiger partial charge in [0.2, 0.25) is 0 Å². The Morgan fingerprint density at radius 3 is 2.77 bits per heavy atom. The van der Waals surface area contributed by atoms with E-state index in [2.05, 4.69) is 13.5 Å². The van der Waals surface area contributed by atoms with Crippen LogP contribution >= 0.6 is 0 Å². The van der Waals surface area contributed by atoms with Gasteiger partial charge in [-0.05, 0) is 38.0 Å². The van der Waals surface area contributed by atoms with Crippen molar-refractivity contribution in [2.24, 2.45) is 17.1 Å². The molecule has 0 amide bonds. The van der Waals surface area contributed by atoms with Gasteiger partial charge in [-0.15, -0.1) is 0 Å². The summed E-state index contributed by atoms with van der Waals surface area (Å²) >= 11 is 0.